The number of amides is 1. The van der Waals surface area contributed by atoms with Crippen LogP contribution in [-0.4, -0.2) is 41.9 Å². The molecule has 0 fully saturated rings. The monoisotopic (exact) mass is 611 g/mol. The Hall–Kier alpha value is -1.44. The minimum atomic E-state index is -4.34. The molecule has 0 rings (SSSR count). The first-order valence-corrected chi connectivity index (χ1v) is 18.8. The van der Waals surface area contributed by atoms with E-state index in [1.54, 1.807) is 6.08 Å². The molecule has 0 saturated carbocycles. The summed E-state index contributed by atoms with van der Waals surface area (Å²) in [6.07, 6.45) is 37.1. The molecule has 1 amide bonds. The van der Waals surface area contributed by atoms with Gasteiger partial charge in [0.1, 0.15) is 0 Å². The highest BCUT2D eigenvalue weighted by Crippen LogP contribution is 2.14. The molecule has 2 atom stereocenters. The van der Waals surface area contributed by atoms with Crippen LogP contribution in [0.2, 0.25) is 0 Å². The minimum Gasteiger partial charge on any atom is -0.387 e. The van der Waals surface area contributed by atoms with Crippen molar-refractivity contribution in [2.24, 2.45) is 0 Å². The first-order valence-electron chi connectivity index (χ1n) is 17.2. The van der Waals surface area contributed by atoms with Gasteiger partial charge < -0.3 is 10.4 Å². The van der Waals surface area contributed by atoms with Crippen molar-refractivity contribution >= 4 is 16.0 Å². The highest BCUT2D eigenvalue weighted by Gasteiger charge is 2.24. The maximum Gasteiger partial charge on any atom is 0.267 e. The minimum absolute atomic E-state index is 0.287. The van der Waals surface area contributed by atoms with Gasteiger partial charge in [-0.1, -0.05) is 153 Å². The standard InChI is InChI=1S/C35H65NO5S/c1-3-5-7-9-11-13-15-16-17-18-19-20-21-23-25-27-29-31-35(38)36-33(32-42(39,40)41)34(37)30-28-26-24-22-14-12-10-8-6-4-2/h6,8,14,22,28,30,33-34,37H,3-5,7,9-13,15-21,23-27,29,31-32H2,1-2H3,(H,36,38)(H,39,40,41)/b8-6+,22-14+,30-28+. The lowest BCUT2D eigenvalue weighted by molar-refractivity contribution is -0.122. The maximum atomic E-state index is 12.4. The van der Waals surface area contributed by atoms with Crippen LogP contribution in [0.5, 0.6) is 0 Å². The highest BCUT2D eigenvalue weighted by molar-refractivity contribution is 7.85. The molecule has 0 heterocycles. The zero-order valence-electron chi connectivity index (χ0n) is 27.1. The molecule has 0 radical (unpaired) electrons. The van der Waals surface area contributed by atoms with Gasteiger partial charge in [0, 0.05) is 6.42 Å². The van der Waals surface area contributed by atoms with Crippen LogP contribution in [0.3, 0.4) is 0 Å². The summed E-state index contributed by atoms with van der Waals surface area (Å²) in [6, 6.07) is -1.07. The molecule has 0 saturated heterocycles. The number of aliphatic hydroxyl groups is 1. The summed E-state index contributed by atoms with van der Waals surface area (Å²) in [5.74, 6) is -1.01. The fourth-order valence-corrected chi connectivity index (χ4v) is 5.75. The lowest BCUT2D eigenvalue weighted by Crippen LogP contribution is -2.46. The Bertz CT molecular complexity index is 806. The van der Waals surface area contributed by atoms with E-state index in [0.717, 1.165) is 44.9 Å². The van der Waals surface area contributed by atoms with Crippen molar-refractivity contribution in [1.29, 1.82) is 0 Å². The fourth-order valence-electron chi connectivity index (χ4n) is 5.02. The molecule has 2 unspecified atom stereocenters. The third-order valence-electron chi connectivity index (χ3n) is 7.56. The van der Waals surface area contributed by atoms with Gasteiger partial charge in [-0.05, 0) is 38.5 Å². The van der Waals surface area contributed by atoms with Crippen molar-refractivity contribution in [3.63, 3.8) is 0 Å². The molecular weight excluding hydrogens is 546 g/mol. The Morgan fingerprint density at radius 2 is 1.05 bits per heavy atom. The van der Waals surface area contributed by atoms with Gasteiger partial charge in [-0.3, -0.25) is 9.35 Å². The smallest absolute Gasteiger partial charge is 0.267 e. The molecule has 0 aliphatic heterocycles. The third kappa shape index (κ3) is 30.0. The van der Waals surface area contributed by atoms with Crippen LogP contribution >= 0.6 is 0 Å². The zero-order valence-corrected chi connectivity index (χ0v) is 27.9. The van der Waals surface area contributed by atoms with Crippen LogP contribution in [0.1, 0.15) is 162 Å². The quantitative estimate of drug-likeness (QED) is 0.0426. The van der Waals surface area contributed by atoms with Gasteiger partial charge >= 0.3 is 0 Å². The lowest BCUT2D eigenvalue weighted by atomic mass is 10.0. The van der Waals surface area contributed by atoms with Crippen molar-refractivity contribution < 1.29 is 22.9 Å². The van der Waals surface area contributed by atoms with Gasteiger partial charge in [-0.2, -0.15) is 8.42 Å². The van der Waals surface area contributed by atoms with E-state index in [-0.39, 0.29) is 12.3 Å². The van der Waals surface area contributed by atoms with Crippen molar-refractivity contribution in [1.82, 2.24) is 5.32 Å². The van der Waals surface area contributed by atoms with Crippen LogP contribution in [0.4, 0.5) is 0 Å². The Morgan fingerprint density at radius 3 is 1.48 bits per heavy atom. The van der Waals surface area contributed by atoms with Crippen molar-refractivity contribution in [3.05, 3.63) is 36.5 Å². The lowest BCUT2D eigenvalue weighted by Gasteiger charge is -2.21. The van der Waals surface area contributed by atoms with Crippen LogP contribution in [-0.2, 0) is 14.9 Å². The van der Waals surface area contributed by atoms with E-state index < -0.39 is 28.0 Å². The number of rotatable bonds is 30. The summed E-state index contributed by atoms with van der Waals surface area (Å²) in [5, 5.41) is 13.1. The van der Waals surface area contributed by atoms with Gasteiger partial charge in [0.05, 0.1) is 17.9 Å². The number of allylic oxidation sites excluding steroid dienone is 5. The average Bonchev–Trinajstić information content (AvgIpc) is 2.94. The van der Waals surface area contributed by atoms with Crippen LogP contribution in [0, 0.1) is 0 Å². The molecule has 0 spiro atoms. The van der Waals surface area contributed by atoms with Gasteiger partial charge in [-0.25, -0.2) is 0 Å². The molecule has 42 heavy (non-hydrogen) atoms. The number of carbonyl (C=O) groups excluding carboxylic acids is 1. The van der Waals surface area contributed by atoms with E-state index in [2.05, 4.69) is 43.5 Å². The molecule has 0 bridgehead atoms. The van der Waals surface area contributed by atoms with E-state index >= 15 is 0 Å². The molecule has 0 aromatic heterocycles. The number of nitrogens with one attached hydrogen (secondary N) is 1. The largest absolute Gasteiger partial charge is 0.387 e. The van der Waals surface area contributed by atoms with Crippen LogP contribution < -0.4 is 5.32 Å². The van der Waals surface area contributed by atoms with Gasteiger partial charge in [0.15, 0.2) is 0 Å². The van der Waals surface area contributed by atoms with E-state index in [1.165, 1.54) is 96.0 Å². The number of carbonyl (C=O) groups is 1. The molecule has 6 nitrogen and oxygen atoms in total. The molecule has 0 aromatic rings. The number of hydrogen-bond donors (Lipinski definition) is 3. The Morgan fingerprint density at radius 1 is 0.643 bits per heavy atom. The number of unbranched alkanes of at least 4 members (excludes halogenated alkanes) is 18. The number of hydrogen-bond acceptors (Lipinski definition) is 4. The van der Waals surface area contributed by atoms with E-state index in [0.29, 0.717) is 6.42 Å². The summed E-state index contributed by atoms with van der Waals surface area (Å²) in [6.45, 7) is 4.38. The summed E-state index contributed by atoms with van der Waals surface area (Å²) in [7, 11) is -4.34. The molecule has 246 valence electrons. The molecule has 0 aromatic carbocycles. The average molecular weight is 612 g/mol. The SMILES string of the molecule is CC/C=C/CC/C=C/CC/C=C/C(O)C(CS(=O)(=O)O)NC(=O)CCCCCCCCCCCCCCCCCCC. The molecule has 0 aliphatic carbocycles. The first-order chi connectivity index (χ1) is 20.3. The Labute approximate surface area is 259 Å². The van der Waals surface area contributed by atoms with Gasteiger partial charge in [0.25, 0.3) is 10.1 Å². The van der Waals surface area contributed by atoms with E-state index in [9.17, 15) is 22.9 Å². The second-order valence-corrected chi connectivity index (χ2v) is 13.3. The molecule has 7 heteroatoms. The van der Waals surface area contributed by atoms with Crippen molar-refractivity contribution in [3.8, 4) is 0 Å². The second-order valence-electron chi connectivity index (χ2n) is 11.8. The van der Waals surface area contributed by atoms with Crippen molar-refractivity contribution in [2.75, 3.05) is 5.75 Å². The van der Waals surface area contributed by atoms with Crippen LogP contribution in [0.25, 0.3) is 0 Å². The molecule has 0 aliphatic rings. The van der Waals surface area contributed by atoms with Gasteiger partial charge in [0.2, 0.25) is 5.91 Å². The number of aliphatic hydroxyl groups excluding tert-OH is 1. The molecule has 3 N–H and O–H groups in total. The Kier molecular flexibility index (Phi) is 28.6. The fraction of sp³-hybridized carbons (Fsp3) is 0.800. The summed E-state index contributed by atoms with van der Waals surface area (Å²) >= 11 is 0. The second kappa shape index (κ2) is 29.6. The summed E-state index contributed by atoms with van der Waals surface area (Å²) in [5.41, 5.74) is 0. The summed E-state index contributed by atoms with van der Waals surface area (Å²) < 4.78 is 32.2. The summed E-state index contributed by atoms with van der Waals surface area (Å²) in [4.78, 5) is 12.4. The van der Waals surface area contributed by atoms with Crippen molar-refractivity contribution in [2.45, 2.75) is 174 Å². The third-order valence-corrected chi connectivity index (χ3v) is 8.34. The highest BCUT2D eigenvalue weighted by atomic mass is 32.2. The Balaban J connectivity index is 3.98. The van der Waals surface area contributed by atoms with Crippen LogP contribution in [0.15, 0.2) is 36.5 Å². The normalized spacial score (nSPS) is 13.9. The maximum absolute atomic E-state index is 12.4. The predicted octanol–water partition coefficient (Wildman–Crippen LogP) is 9.40. The predicted molar refractivity (Wildman–Crippen MR) is 179 cm³/mol. The van der Waals surface area contributed by atoms with E-state index in [1.807, 2.05) is 0 Å². The van der Waals surface area contributed by atoms with E-state index in [4.69, 9.17) is 0 Å². The molecular formula is C35H65NO5S. The topological polar surface area (TPSA) is 104 Å². The first kappa shape index (κ1) is 40.6. The zero-order chi connectivity index (χ0) is 31.2. The van der Waals surface area contributed by atoms with Gasteiger partial charge in [-0.15, -0.1) is 0 Å².